The first-order valence-corrected chi connectivity index (χ1v) is 11.4. The molecule has 0 radical (unpaired) electrons. The van der Waals surface area contributed by atoms with Crippen molar-refractivity contribution >= 4 is 21.6 Å². The lowest BCUT2D eigenvalue weighted by molar-refractivity contribution is 0.568. The normalized spacial score (nSPS) is 25.2. The molecule has 6 heteroatoms. The number of hydrogen-bond donors (Lipinski definition) is 0. The van der Waals surface area contributed by atoms with Crippen molar-refractivity contribution in [3.8, 4) is 17.1 Å². The highest BCUT2D eigenvalue weighted by Crippen LogP contribution is 2.75. The summed E-state index contributed by atoms with van der Waals surface area (Å²) in [5, 5.41) is 0. The number of oxazole rings is 1. The van der Waals surface area contributed by atoms with Crippen LogP contribution in [0.4, 0.5) is 0 Å². The average molecular weight is 471 g/mol. The molecule has 0 amide bonds. The van der Waals surface area contributed by atoms with Crippen LogP contribution >= 0.6 is 15.9 Å². The highest BCUT2D eigenvalue weighted by molar-refractivity contribution is 9.10. The number of nitrogens with zero attached hydrogens (tertiary/aromatic N) is 4. The molecule has 2 saturated carbocycles. The first-order chi connectivity index (χ1) is 15.2. The van der Waals surface area contributed by atoms with Gasteiger partial charge in [0.1, 0.15) is 12.0 Å². The van der Waals surface area contributed by atoms with Gasteiger partial charge < -0.3 is 4.42 Å². The third-order valence-corrected chi connectivity index (χ3v) is 7.78. The summed E-state index contributed by atoms with van der Waals surface area (Å²) in [6.07, 6.45) is 7.70. The minimum absolute atomic E-state index is 0.103. The van der Waals surface area contributed by atoms with Gasteiger partial charge in [-0.2, -0.15) is 0 Å². The third-order valence-electron chi connectivity index (χ3n) is 7.09. The zero-order valence-corrected chi connectivity index (χ0v) is 18.5. The molecule has 31 heavy (non-hydrogen) atoms. The fraction of sp³-hybridized carbons (Fsp3) is 0.240. The molecule has 2 aromatic carbocycles. The fourth-order valence-electron chi connectivity index (χ4n) is 5.08. The van der Waals surface area contributed by atoms with Crippen LogP contribution < -0.4 is 0 Å². The summed E-state index contributed by atoms with van der Waals surface area (Å²) in [4.78, 5) is 14.0. The fourth-order valence-corrected chi connectivity index (χ4v) is 5.55. The van der Waals surface area contributed by atoms with Crippen LogP contribution in [-0.2, 0) is 5.41 Å². The van der Waals surface area contributed by atoms with E-state index in [4.69, 9.17) is 9.41 Å². The topological polar surface area (TPSA) is 56.2 Å². The van der Waals surface area contributed by atoms with Crippen molar-refractivity contribution in [1.29, 1.82) is 0 Å². The predicted molar refractivity (Wildman–Crippen MR) is 122 cm³/mol. The zero-order chi connectivity index (χ0) is 20.7. The Labute approximate surface area is 188 Å². The average Bonchev–Trinajstić information content (AvgIpc) is 3.48. The van der Waals surface area contributed by atoms with Crippen LogP contribution in [-0.4, -0.2) is 20.2 Å². The lowest BCUT2D eigenvalue weighted by Crippen LogP contribution is -2.09. The Morgan fingerprint density at radius 2 is 1.97 bits per heavy atom. The third kappa shape index (κ3) is 2.45. The molecule has 5 nitrogen and oxygen atoms in total. The Bertz CT molecular complexity index is 1380. The van der Waals surface area contributed by atoms with Crippen LogP contribution in [0.2, 0.25) is 0 Å². The SMILES string of the molecule is C[C@H]1N=C(c2ccccc2Br)c2cc(C34CC3C4)ccc2-n2cnc(-c3cnco3)c21. The van der Waals surface area contributed by atoms with Crippen molar-refractivity contribution in [2.45, 2.75) is 31.2 Å². The van der Waals surface area contributed by atoms with Crippen LogP contribution in [0.25, 0.3) is 17.1 Å². The van der Waals surface area contributed by atoms with Gasteiger partial charge in [-0.1, -0.05) is 40.2 Å². The Hall–Kier alpha value is -2.99. The summed E-state index contributed by atoms with van der Waals surface area (Å²) in [5.41, 5.74) is 8.07. The first kappa shape index (κ1) is 17.7. The molecule has 1 aliphatic heterocycles. The molecular weight excluding hydrogens is 452 g/mol. The van der Waals surface area contributed by atoms with Gasteiger partial charge in [0.25, 0.3) is 0 Å². The van der Waals surface area contributed by atoms with Gasteiger partial charge in [0.05, 0.1) is 29.3 Å². The molecular formula is C25H19BrN4O. The van der Waals surface area contributed by atoms with Gasteiger partial charge >= 0.3 is 0 Å². The van der Waals surface area contributed by atoms with E-state index in [1.54, 1.807) is 6.20 Å². The molecule has 7 rings (SSSR count). The monoisotopic (exact) mass is 470 g/mol. The standard InChI is InChI=1S/C25H19BrN4O/c1-14-24-23(21-11-27-13-31-21)28-12-30(24)20-7-6-15(25-9-16(25)10-25)8-18(20)22(29-14)17-4-2-3-5-19(17)26/h2-8,11-14,16H,9-10H2,1H3/t14-,16?,25?/m1/s1. The number of aromatic nitrogens is 3. The number of rotatable bonds is 3. The summed E-state index contributed by atoms with van der Waals surface area (Å²) < 4.78 is 8.80. The van der Waals surface area contributed by atoms with Gasteiger partial charge in [-0.05, 0) is 54.9 Å². The minimum Gasteiger partial charge on any atom is -0.442 e. The van der Waals surface area contributed by atoms with Gasteiger partial charge in [0, 0.05) is 15.6 Å². The Morgan fingerprint density at radius 3 is 2.71 bits per heavy atom. The van der Waals surface area contributed by atoms with E-state index in [0.29, 0.717) is 11.2 Å². The lowest BCUT2D eigenvalue weighted by Gasteiger charge is -2.15. The van der Waals surface area contributed by atoms with Gasteiger partial charge in [-0.15, -0.1) is 0 Å². The van der Waals surface area contributed by atoms with Gasteiger partial charge in [0.2, 0.25) is 0 Å². The van der Waals surface area contributed by atoms with Crippen LogP contribution in [0.5, 0.6) is 0 Å². The number of halogens is 1. The van der Waals surface area contributed by atoms with Gasteiger partial charge in [-0.3, -0.25) is 9.56 Å². The molecule has 0 unspecified atom stereocenters. The maximum atomic E-state index is 5.59. The Kier molecular flexibility index (Phi) is 3.44. The maximum Gasteiger partial charge on any atom is 0.181 e. The first-order valence-electron chi connectivity index (χ1n) is 10.6. The number of fused-ring (bicyclic) bond motifs is 4. The lowest BCUT2D eigenvalue weighted by atomic mass is 9.94. The van der Waals surface area contributed by atoms with E-state index in [9.17, 15) is 0 Å². The molecule has 0 N–H and O–H groups in total. The summed E-state index contributed by atoms with van der Waals surface area (Å²) in [6.45, 7) is 2.12. The summed E-state index contributed by atoms with van der Waals surface area (Å²) in [7, 11) is 0. The van der Waals surface area contributed by atoms with Crippen LogP contribution in [0.1, 0.15) is 48.2 Å². The molecule has 2 aliphatic carbocycles. The van der Waals surface area contributed by atoms with Crippen molar-refractivity contribution in [2.75, 3.05) is 0 Å². The molecule has 0 spiro atoms. The van der Waals surface area contributed by atoms with Crippen LogP contribution in [0, 0.1) is 5.92 Å². The van der Waals surface area contributed by atoms with Gasteiger partial charge in [0.15, 0.2) is 12.2 Å². The summed E-state index contributed by atoms with van der Waals surface area (Å²) in [6, 6.07) is 15.1. The Balaban J connectivity index is 1.50. The quantitative estimate of drug-likeness (QED) is 0.376. The van der Waals surface area contributed by atoms with E-state index in [1.165, 1.54) is 24.8 Å². The molecule has 1 atom stereocenters. The molecule has 152 valence electrons. The zero-order valence-electron chi connectivity index (χ0n) is 16.9. The highest BCUT2D eigenvalue weighted by atomic mass is 79.9. The molecule has 3 aliphatic rings. The van der Waals surface area contributed by atoms with Crippen LogP contribution in [0.3, 0.4) is 0 Å². The van der Waals surface area contributed by atoms with E-state index in [1.807, 2.05) is 12.4 Å². The van der Waals surface area contributed by atoms with E-state index < -0.39 is 0 Å². The second kappa shape index (κ2) is 6.04. The summed E-state index contributed by atoms with van der Waals surface area (Å²) in [5.74, 6) is 1.55. The predicted octanol–water partition coefficient (Wildman–Crippen LogP) is 5.86. The number of imidazole rings is 1. The smallest absolute Gasteiger partial charge is 0.181 e. The van der Waals surface area contributed by atoms with E-state index in [0.717, 1.165) is 44.3 Å². The number of hydrogen-bond acceptors (Lipinski definition) is 4. The van der Waals surface area contributed by atoms with Gasteiger partial charge in [-0.25, -0.2) is 9.97 Å². The minimum atomic E-state index is -0.103. The van der Waals surface area contributed by atoms with Crippen LogP contribution in [0.15, 0.2) is 75.3 Å². The number of aliphatic imine (C=N–C) groups is 1. The van der Waals surface area contributed by atoms with E-state index in [-0.39, 0.29) is 6.04 Å². The van der Waals surface area contributed by atoms with E-state index >= 15 is 0 Å². The molecule has 4 aromatic rings. The number of benzene rings is 2. The van der Waals surface area contributed by atoms with Crippen molar-refractivity contribution < 1.29 is 4.42 Å². The molecule has 3 heterocycles. The summed E-state index contributed by atoms with van der Waals surface area (Å²) >= 11 is 3.76. The van der Waals surface area contributed by atoms with Crippen molar-refractivity contribution in [3.63, 3.8) is 0 Å². The largest absolute Gasteiger partial charge is 0.442 e. The molecule has 0 saturated heterocycles. The Morgan fingerprint density at radius 1 is 1.13 bits per heavy atom. The maximum absolute atomic E-state index is 5.59. The van der Waals surface area contributed by atoms with Crippen molar-refractivity contribution in [2.24, 2.45) is 10.9 Å². The molecule has 2 fully saturated rings. The molecule has 0 bridgehead atoms. The van der Waals surface area contributed by atoms with Crippen molar-refractivity contribution in [1.82, 2.24) is 14.5 Å². The van der Waals surface area contributed by atoms with E-state index in [2.05, 4.69) is 73.8 Å². The second-order valence-electron chi connectivity index (χ2n) is 8.84. The van der Waals surface area contributed by atoms with Crippen molar-refractivity contribution in [3.05, 3.63) is 88.2 Å². The second-order valence-corrected chi connectivity index (χ2v) is 9.70. The molecule has 2 aromatic heterocycles. The highest BCUT2D eigenvalue weighted by Gasteiger charge is 2.70.